The third-order valence-corrected chi connectivity index (χ3v) is 3.03. The fraction of sp³-hybridized carbons (Fsp3) is 0.538. The molecule has 0 radical (unpaired) electrons. The van der Waals surface area contributed by atoms with E-state index < -0.39 is 0 Å². The topological polar surface area (TPSA) is 24.5 Å². The van der Waals surface area contributed by atoms with Gasteiger partial charge < -0.3 is 15.0 Å². The number of ether oxygens (including phenoxy) is 1. The Bertz CT molecular complexity index is 388. The first-order valence-electron chi connectivity index (χ1n) is 5.69. The minimum Gasteiger partial charge on any atom is -0.497 e. The van der Waals surface area contributed by atoms with Crippen LogP contribution in [0.3, 0.4) is 0 Å². The Balaban J connectivity index is 2.20. The smallest absolute Gasteiger partial charge is 0.119 e. The molecule has 0 bridgehead atoms. The summed E-state index contributed by atoms with van der Waals surface area (Å²) in [6.07, 6.45) is 1.09. The van der Waals surface area contributed by atoms with Gasteiger partial charge in [-0.3, -0.25) is 0 Å². The number of methoxy groups -OCH3 is 1. The summed E-state index contributed by atoms with van der Waals surface area (Å²) >= 11 is 0. The van der Waals surface area contributed by atoms with Crippen LogP contribution in [0.2, 0.25) is 0 Å². The monoisotopic (exact) mass is 220 g/mol. The second kappa shape index (κ2) is 4.34. The van der Waals surface area contributed by atoms with Crippen molar-refractivity contribution in [3.05, 3.63) is 23.3 Å². The van der Waals surface area contributed by atoms with Crippen LogP contribution >= 0.6 is 0 Å². The zero-order valence-corrected chi connectivity index (χ0v) is 10.5. The third kappa shape index (κ3) is 2.14. The van der Waals surface area contributed by atoms with Crippen molar-refractivity contribution in [2.75, 3.05) is 33.1 Å². The van der Waals surface area contributed by atoms with Gasteiger partial charge in [0.05, 0.1) is 7.11 Å². The summed E-state index contributed by atoms with van der Waals surface area (Å²) in [5.41, 5.74) is 3.95. The Morgan fingerprint density at radius 3 is 2.81 bits per heavy atom. The van der Waals surface area contributed by atoms with E-state index in [0.29, 0.717) is 6.04 Å². The zero-order chi connectivity index (χ0) is 11.7. The van der Waals surface area contributed by atoms with Gasteiger partial charge in [0.15, 0.2) is 0 Å². The Morgan fingerprint density at radius 1 is 1.44 bits per heavy atom. The van der Waals surface area contributed by atoms with Gasteiger partial charge in [0.25, 0.3) is 0 Å². The number of nitrogens with one attached hydrogen (secondary N) is 1. The van der Waals surface area contributed by atoms with E-state index in [4.69, 9.17) is 4.74 Å². The first-order chi connectivity index (χ1) is 7.60. The van der Waals surface area contributed by atoms with Crippen LogP contribution in [0.15, 0.2) is 12.1 Å². The molecule has 1 heterocycles. The van der Waals surface area contributed by atoms with E-state index >= 15 is 0 Å². The molecular weight excluding hydrogens is 200 g/mol. The molecule has 0 fully saturated rings. The molecule has 1 atom stereocenters. The number of rotatable bonds is 3. The Hall–Kier alpha value is -1.22. The highest BCUT2D eigenvalue weighted by atomic mass is 16.5. The van der Waals surface area contributed by atoms with E-state index in [2.05, 4.69) is 43.4 Å². The van der Waals surface area contributed by atoms with Gasteiger partial charge >= 0.3 is 0 Å². The first-order valence-corrected chi connectivity index (χ1v) is 5.69. The van der Waals surface area contributed by atoms with Crippen LogP contribution in [0, 0.1) is 6.92 Å². The minimum absolute atomic E-state index is 0.524. The van der Waals surface area contributed by atoms with E-state index in [1.165, 1.54) is 16.8 Å². The predicted octanol–water partition coefficient (Wildman–Crippen LogP) is 1.90. The van der Waals surface area contributed by atoms with Crippen LogP contribution in [0.1, 0.15) is 11.1 Å². The number of anilines is 1. The molecule has 1 unspecified atom stereocenters. The van der Waals surface area contributed by atoms with Crippen molar-refractivity contribution in [3.63, 3.8) is 0 Å². The lowest BCUT2D eigenvalue weighted by Crippen LogP contribution is -2.30. The van der Waals surface area contributed by atoms with Gasteiger partial charge in [0.1, 0.15) is 5.75 Å². The highest BCUT2D eigenvalue weighted by Gasteiger charge is 2.23. The molecule has 1 N–H and O–H groups in total. The summed E-state index contributed by atoms with van der Waals surface area (Å²) in [7, 11) is 5.94. The quantitative estimate of drug-likeness (QED) is 0.842. The van der Waals surface area contributed by atoms with Gasteiger partial charge in [-0.05, 0) is 50.7 Å². The van der Waals surface area contributed by atoms with Crippen LogP contribution < -0.4 is 10.1 Å². The first kappa shape index (κ1) is 11.3. The van der Waals surface area contributed by atoms with Crippen LogP contribution in [-0.2, 0) is 6.42 Å². The summed E-state index contributed by atoms with van der Waals surface area (Å²) in [6.45, 7) is 3.20. The minimum atomic E-state index is 0.524. The molecule has 0 aromatic heterocycles. The standard InChI is InChI=1S/C13H20N2O/c1-9-5-12(16-4)7-10-6-11(8-15(2)3)14-13(9)10/h5,7,11,14H,6,8H2,1-4H3. The Labute approximate surface area is 97.4 Å². The zero-order valence-electron chi connectivity index (χ0n) is 10.5. The second-order valence-corrected chi connectivity index (χ2v) is 4.79. The maximum Gasteiger partial charge on any atom is 0.119 e. The van der Waals surface area contributed by atoms with Crippen molar-refractivity contribution in [2.45, 2.75) is 19.4 Å². The lowest BCUT2D eigenvalue weighted by atomic mass is 10.1. The van der Waals surface area contributed by atoms with Gasteiger partial charge in [-0.15, -0.1) is 0 Å². The number of likely N-dealkylation sites (N-methyl/N-ethyl adjacent to an activating group) is 1. The molecular formula is C13H20N2O. The molecule has 0 spiro atoms. The molecule has 3 heteroatoms. The molecule has 16 heavy (non-hydrogen) atoms. The predicted molar refractivity (Wildman–Crippen MR) is 67.4 cm³/mol. The van der Waals surface area contributed by atoms with E-state index in [0.717, 1.165) is 18.7 Å². The van der Waals surface area contributed by atoms with E-state index in [-0.39, 0.29) is 0 Å². The maximum atomic E-state index is 5.30. The normalized spacial score (nSPS) is 18.4. The van der Waals surface area contributed by atoms with Crippen LogP contribution in [0.4, 0.5) is 5.69 Å². The number of hydrogen-bond donors (Lipinski definition) is 1. The van der Waals surface area contributed by atoms with E-state index in [1.807, 2.05) is 0 Å². The van der Waals surface area contributed by atoms with Gasteiger partial charge in [-0.2, -0.15) is 0 Å². The molecule has 1 aliphatic rings. The van der Waals surface area contributed by atoms with Gasteiger partial charge in [-0.1, -0.05) is 0 Å². The van der Waals surface area contributed by atoms with Gasteiger partial charge in [0, 0.05) is 18.3 Å². The van der Waals surface area contributed by atoms with E-state index in [1.54, 1.807) is 7.11 Å². The number of fused-ring (bicyclic) bond motifs is 1. The van der Waals surface area contributed by atoms with Crippen LogP contribution in [-0.4, -0.2) is 38.7 Å². The average molecular weight is 220 g/mol. The molecule has 88 valence electrons. The van der Waals surface area contributed by atoms with Crippen molar-refractivity contribution in [3.8, 4) is 5.75 Å². The molecule has 3 nitrogen and oxygen atoms in total. The molecule has 0 saturated carbocycles. The number of nitrogens with zero attached hydrogens (tertiary/aromatic N) is 1. The Morgan fingerprint density at radius 2 is 2.19 bits per heavy atom. The van der Waals surface area contributed by atoms with Crippen LogP contribution in [0.25, 0.3) is 0 Å². The van der Waals surface area contributed by atoms with Crippen molar-refractivity contribution in [1.82, 2.24) is 4.90 Å². The summed E-state index contributed by atoms with van der Waals surface area (Å²) in [5.74, 6) is 0.962. The van der Waals surface area contributed by atoms with Crippen molar-refractivity contribution in [1.29, 1.82) is 0 Å². The average Bonchev–Trinajstić information content (AvgIpc) is 2.59. The molecule has 0 amide bonds. The lowest BCUT2D eigenvalue weighted by molar-refractivity contribution is 0.386. The highest BCUT2D eigenvalue weighted by molar-refractivity contribution is 5.64. The molecule has 1 aromatic carbocycles. The molecule has 0 saturated heterocycles. The number of hydrogen-bond acceptors (Lipinski definition) is 3. The number of benzene rings is 1. The van der Waals surface area contributed by atoms with Gasteiger partial charge in [-0.25, -0.2) is 0 Å². The summed E-state index contributed by atoms with van der Waals surface area (Å²) in [5, 5.41) is 3.59. The summed E-state index contributed by atoms with van der Waals surface area (Å²) in [4.78, 5) is 2.22. The third-order valence-electron chi connectivity index (χ3n) is 3.03. The van der Waals surface area contributed by atoms with Crippen molar-refractivity contribution in [2.24, 2.45) is 0 Å². The highest BCUT2D eigenvalue weighted by Crippen LogP contribution is 2.33. The fourth-order valence-corrected chi connectivity index (χ4v) is 2.38. The summed E-state index contributed by atoms with van der Waals surface area (Å²) < 4.78 is 5.30. The maximum absolute atomic E-state index is 5.30. The van der Waals surface area contributed by atoms with Crippen LogP contribution in [0.5, 0.6) is 5.75 Å². The van der Waals surface area contributed by atoms with Crippen molar-refractivity contribution < 1.29 is 4.74 Å². The molecule has 2 rings (SSSR count). The molecule has 1 aliphatic heterocycles. The second-order valence-electron chi connectivity index (χ2n) is 4.79. The van der Waals surface area contributed by atoms with E-state index in [9.17, 15) is 0 Å². The summed E-state index contributed by atoms with van der Waals surface area (Å²) in [6, 6.07) is 4.75. The largest absolute Gasteiger partial charge is 0.497 e. The number of aryl methyl sites for hydroxylation is 1. The molecule has 1 aromatic rings. The molecule has 0 aliphatic carbocycles. The SMILES string of the molecule is COc1cc(C)c2c(c1)CC(CN(C)C)N2. The van der Waals surface area contributed by atoms with Crippen molar-refractivity contribution >= 4 is 5.69 Å². The Kier molecular flexibility index (Phi) is 3.06. The fourth-order valence-electron chi connectivity index (χ4n) is 2.38. The van der Waals surface area contributed by atoms with Gasteiger partial charge in [0.2, 0.25) is 0 Å². The lowest BCUT2D eigenvalue weighted by Gasteiger charge is -2.16.